The van der Waals surface area contributed by atoms with Gasteiger partial charge in [0.15, 0.2) is 5.76 Å². The highest BCUT2D eigenvalue weighted by Gasteiger charge is 2.23. The number of hydrogen-bond acceptors (Lipinski definition) is 5. The lowest BCUT2D eigenvalue weighted by Gasteiger charge is -2.13. The van der Waals surface area contributed by atoms with Gasteiger partial charge in [0.1, 0.15) is 5.76 Å². The zero-order valence-electron chi connectivity index (χ0n) is 10.6. The molecule has 1 aromatic heterocycles. The van der Waals surface area contributed by atoms with Gasteiger partial charge < -0.3 is 10.2 Å². The second-order valence-electron chi connectivity index (χ2n) is 4.82. The van der Waals surface area contributed by atoms with Crippen molar-refractivity contribution in [2.24, 2.45) is 17.5 Å². The van der Waals surface area contributed by atoms with E-state index in [1.165, 1.54) is 0 Å². The molecule has 0 radical (unpaired) electrons. The quantitative estimate of drug-likeness (QED) is 0.397. The van der Waals surface area contributed by atoms with Crippen molar-refractivity contribution >= 4 is 5.91 Å². The predicted octanol–water partition coefficient (Wildman–Crippen LogP) is -0.0279. The number of nitrogens with one attached hydrogen (secondary N) is 1. The Morgan fingerprint density at radius 2 is 2.44 bits per heavy atom. The highest BCUT2D eigenvalue weighted by molar-refractivity contribution is 5.92. The zero-order chi connectivity index (χ0) is 13.1. The van der Waals surface area contributed by atoms with Crippen molar-refractivity contribution in [2.45, 2.75) is 19.9 Å². The van der Waals surface area contributed by atoms with E-state index in [9.17, 15) is 4.79 Å². The number of amides is 1. The van der Waals surface area contributed by atoms with Crippen LogP contribution in [0.15, 0.2) is 10.5 Å². The number of furan rings is 1. The summed E-state index contributed by atoms with van der Waals surface area (Å²) >= 11 is 0. The molecule has 6 nitrogen and oxygen atoms in total. The van der Waals surface area contributed by atoms with E-state index >= 15 is 0 Å². The molecule has 0 bridgehead atoms. The van der Waals surface area contributed by atoms with Crippen molar-refractivity contribution in [1.82, 2.24) is 10.3 Å². The number of aryl methyl sites for hydroxylation is 1. The number of nitrogens with two attached hydrogens (primary N) is 2. The van der Waals surface area contributed by atoms with Gasteiger partial charge in [-0.3, -0.25) is 15.1 Å². The molecular formula is C12H20N4O2. The summed E-state index contributed by atoms with van der Waals surface area (Å²) in [6.07, 6.45) is 1.13. The number of rotatable bonds is 4. The summed E-state index contributed by atoms with van der Waals surface area (Å²) in [5.74, 6) is 6.37. The Labute approximate surface area is 106 Å². The molecule has 1 aromatic rings. The van der Waals surface area contributed by atoms with Crippen LogP contribution in [0.2, 0.25) is 0 Å². The lowest BCUT2D eigenvalue weighted by Crippen LogP contribution is -2.30. The molecule has 1 aliphatic rings. The molecule has 6 heteroatoms. The van der Waals surface area contributed by atoms with Gasteiger partial charge in [0.05, 0.1) is 6.54 Å². The Balaban J connectivity index is 2.00. The van der Waals surface area contributed by atoms with Crippen LogP contribution in [0, 0.1) is 12.8 Å². The molecule has 1 aliphatic heterocycles. The van der Waals surface area contributed by atoms with Crippen LogP contribution in [0.1, 0.15) is 28.3 Å². The molecule has 5 N–H and O–H groups in total. The Morgan fingerprint density at radius 3 is 3.06 bits per heavy atom. The summed E-state index contributed by atoms with van der Waals surface area (Å²) in [5, 5.41) is 0. The van der Waals surface area contributed by atoms with E-state index in [1.54, 1.807) is 0 Å². The summed E-state index contributed by atoms with van der Waals surface area (Å²) in [6.45, 7) is 5.31. The van der Waals surface area contributed by atoms with Crippen LogP contribution in [-0.4, -0.2) is 30.4 Å². The largest absolute Gasteiger partial charge is 0.454 e. The lowest BCUT2D eigenvalue weighted by molar-refractivity contribution is 0.0921. The van der Waals surface area contributed by atoms with Crippen LogP contribution < -0.4 is 17.0 Å². The van der Waals surface area contributed by atoms with Gasteiger partial charge in [-0.2, -0.15) is 0 Å². The molecule has 1 fully saturated rings. The minimum absolute atomic E-state index is 0.294. The van der Waals surface area contributed by atoms with Gasteiger partial charge in [-0.15, -0.1) is 0 Å². The van der Waals surface area contributed by atoms with Crippen molar-refractivity contribution in [1.29, 1.82) is 0 Å². The zero-order valence-corrected chi connectivity index (χ0v) is 10.6. The van der Waals surface area contributed by atoms with E-state index in [0.717, 1.165) is 43.9 Å². The lowest BCUT2D eigenvalue weighted by atomic mass is 10.1. The fourth-order valence-electron chi connectivity index (χ4n) is 2.39. The third kappa shape index (κ3) is 2.72. The Bertz CT molecular complexity index is 430. The Kier molecular flexibility index (Phi) is 4.00. The third-order valence-corrected chi connectivity index (χ3v) is 3.39. The van der Waals surface area contributed by atoms with Gasteiger partial charge in [0.25, 0.3) is 0 Å². The Morgan fingerprint density at radius 1 is 1.67 bits per heavy atom. The summed E-state index contributed by atoms with van der Waals surface area (Å²) < 4.78 is 5.53. The van der Waals surface area contributed by atoms with Crippen LogP contribution >= 0.6 is 0 Å². The maximum Gasteiger partial charge on any atom is 0.301 e. The first-order chi connectivity index (χ1) is 8.63. The van der Waals surface area contributed by atoms with Crippen LogP contribution in [0.4, 0.5) is 0 Å². The second-order valence-corrected chi connectivity index (χ2v) is 4.82. The maximum absolute atomic E-state index is 11.4. The molecule has 1 amide bonds. The summed E-state index contributed by atoms with van der Waals surface area (Å²) in [7, 11) is 0. The van der Waals surface area contributed by atoms with Gasteiger partial charge in [-0.05, 0) is 38.4 Å². The summed E-state index contributed by atoms with van der Waals surface area (Å²) in [6, 6.07) is 1.89. The second kappa shape index (κ2) is 5.51. The Hall–Kier alpha value is -1.37. The van der Waals surface area contributed by atoms with Gasteiger partial charge in [-0.1, -0.05) is 0 Å². The molecule has 0 aliphatic carbocycles. The standard InChI is InChI=1S/C12H20N4O2/c1-8-4-10(18-11(8)12(17)15-14)7-16-3-2-9(5-13)6-16/h4,9H,2-3,5-7,13-14H2,1H3,(H,15,17). The fraction of sp³-hybridized carbons (Fsp3) is 0.583. The fourth-order valence-corrected chi connectivity index (χ4v) is 2.39. The minimum Gasteiger partial charge on any atom is -0.454 e. The molecule has 18 heavy (non-hydrogen) atoms. The highest BCUT2D eigenvalue weighted by atomic mass is 16.4. The molecule has 100 valence electrons. The first-order valence-electron chi connectivity index (χ1n) is 6.16. The first-order valence-corrected chi connectivity index (χ1v) is 6.16. The van der Waals surface area contributed by atoms with Gasteiger partial charge in [-0.25, -0.2) is 5.84 Å². The number of likely N-dealkylation sites (tertiary alicyclic amines) is 1. The topological polar surface area (TPSA) is 97.5 Å². The average Bonchev–Trinajstić information content (AvgIpc) is 2.95. The van der Waals surface area contributed by atoms with Crippen molar-refractivity contribution in [2.75, 3.05) is 19.6 Å². The summed E-state index contributed by atoms with van der Waals surface area (Å²) in [4.78, 5) is 13.7. The smallest absolute Gasteiger partial charge is 0.301 e. The van der Waals surface area contributed by atoms with E-state index in [0.29, 0.717) is 11.7 Å². The third-order valence-electron chi connectivity index (χ3n) is 3.39. The van der Waals surface area contributed by atoms with Crippen LogP contribution in [0.25, 0.3) is 0 Å². The molecule has 1 unspecified atom stereocenters. The minimum atomic E-state index is -0.389. The molecule has 0 aromatic carbocycles. The van der Waals surface area contributed by atoms with E-state index in [2.05, 4.69) is 10.3 Å². The van der Waals surface area contributed by atoms with Crippen molar-refractivity contribution in [3.05, 3.63) is 23.2 Å². The van der Waals surface area contributed by atoms with Crippen LogP contribution in [-0.2, 0) is 6.54 Å². The summed E-state index contributed by atoms with van der Waals surface area (Å²) in [5.41, 5.74) is 8.55. The van der Waals surface area contributed by atoms with E-state index in [-0.39, 0.29) is 5.91 Å². The number of nitrogen functional groups attached to an aromatic ring is 1. The number of hydrazine groups is 1. The number of carbonyl (C=O) groups excluding carboxylic acids is 1. The molecular weight excluding hydrogens is 232 g/mol. The van der Waals surface area contributed by atoms with Crippen LogP contribution in [0.3, 0.4) is 0 Å². The monoisotopic (exact) mass is 252 g/mol. The number of nitrogens with zero attached hydrogens (tertiary/aromatic N) is 1. The van der Waals surface area contributed by atoms with E-state index < -0.39 is 0 Å². The molecule has 2 heterocycles. The van der Waals surface area contributed by atoms with E-state index in [4.69, 9.17) is 16.0 Å². The molecule has 0 spiro atoms. The maximum atomic E-state index is 11.4. The van der Waals surface area contributed by atoms with Crippen molar-refractivity contribution in [3.8, 4) is 0 Å². The van der Waals surface area contributed by atoms with Gasteiger partial charge in [0, 0.05) is 12.1 Å². The normalized spacial score (nSPS) is 20.3. The van der Waals surface area contributed by atoms with Crippen molar-refractivity contribution in [3.63, 3.8) is 0 Å². The number of hydrogen-bond donors (Lipinski definition) is 3. The van der Waals surface area contributed by atoms with E-state index in [1.807, 2.05) is 13.0 Å². The molecule has 1 saturated heterocycles. The average molecular weight is 252 g/mol. The molecule has 1 atom stereocenters. The SMILES string of the molecule is Cc1cc(CN2CCC(CN)C2)oc1C(=O)NN. The predicted molar refractivity (Wildman–Crippen MR) is 67.5 cm³/mol. The van der Waals surface area contributed by atoms with Crippen molar-refractivity contribution < 1.29 is 9.21 Å². The first kappa shape index (κ1) is 13.1. The number of carbonyl (C=O) groups is 1. The highest BCUT2D eigenvalue weighted by Crippen LogP contribution is 2.20. The van der Waals surface area contributed by atoms with Gasteiger partial charge in [0.2, 0.25) is 0 Å². The van der Waals surface area contributed by atoms with Gasteiger partial charge >= 0.3 is 5.91 Å². The molecule has 2 rings (SSSR count). The van der Waals surface area contributed by atoms with Crippen LogP contribution in [0.5, 0.6) is 0 Å². The molecule has 0 saturated carbocycles.